The van der Waals surface area contributed by atoms with Crippen molar-refractivity contribution in [1.82, 2.24) is 0 Å². The normalized spacial score (nSPS) is 24.3. The molecule has 0 N–H and O–H groups in total. The van der Waals surface area contributed by atoms with Gasteiger partial charge in [0.05, 0.1) is 10.5 Å². The van der Waals surface area contributed by atoms with Gasteiger partial charge in [0.1, 0.15) is 0 Å². The smallest absolute Gasteiger partial charge is 0.167 e. The topological polar surface area (TPSA) is 51.2 Å². The van der Waals surface area contributed by atoms with Gasteiger partial charge in [0.15, 0.2) is 15.6 Å². The molecule has 1 fully saturated rings. The van der Waals surface area contributed by atoms with Crippen LogP contribution >= 0.6 is 0 Å². The van der Waals surface area contributed by atoms with Gasteiger partial charge in [0.2, 0.25) is 0 Å². The molecule has 0 amide bonds. The van der Waals surface area contributed by atoms with Gasteiger partial charge in [-0.3, -0.25) is 4.79 Å². The molecule has 0 bridgehead atoms. The van der Waals surface area contributed by atoms with Crippen LogP contribution in [0, 0.1) is 11.8 Å². The first-order valence-corrected chi connectivity index (χ1v) is 11.5. The standard InChI is InChI=1S/C23H30O3S/c1-23(2,3)27(25,26)16-17-9-11-18(12-10-17)20-13-14-21(22(24)15-20)19-7-5-4-6-8-19/h4-8,13-14,17-18H,9-12,15-16H2,1-3H3. The van der Waals surface area contributed by atoms with Crippen LogP contribution in [0.5, 0.6) is 0 Å². The van der Waals surface area contributed by atoms with Crippen molar-refractivity contribution >= 4 is 21.2 Å². The fourth-order valence-corrected chi connectivity index (χ4v) is 5.49. The highest BCUT2D eigenvalue weighted by Crippen LogP contribution is 2.38. The maximum absolute atomic E-state index is 12.6. The minimum atomic E-state index is -3.06. The van der Waals surface area contributed by atoms with Crippen molar-refractivity contribution in [3.8, 4) is 0 Å². The molecular formula is C23H30O3S. The number of hydrogen-bond donors (Lipinski definition) is 0. The second kappa shape index (κ2) is 7.75. The Morgan fingerprint density at radius 2 is 1.59 bits per heavy atom. The molecule has 0 atom stereocenters. The summed E-state index contributed by atoms with van der Waals surface area (Å²) in [5.74, 6) is 1.15. The summed E-state index contributed by atoms with van der Waals surface area (Å²) in [4.78, 5) is 12.6. The number of carbonyl (C=O) groups is 1. The first kappa shape index (κ1) is 20.1. The van der Waals surface area contributed by atoms with Crippen molar-refractivity contribution in [3.63, 3.8) is 0 Å². The third kappa shape index (κ3) is 4.60. The lowest BCUT2D eigenvalue weighted by Gasteiger charge is -2.32. The van der Waals surface area contributed by atoms with Crippen molar-refractivity contribution in [2.75, 3.05) is 5.75 Å². The summed E-state index contributed by atoms with van der Waals surface area (Å²) in [6, 6.07) is 9.81. The Bertz CT molecular complexity index is 847. The molecule has 3 rings (SSSR count). The molecular weight excluding hydrogens is 356 g/mol. The van der Waals surface area contributed by atoms with E-state index in [-0.39, 0.29) is 11.7 Å². The van der Waals surface area contributed by atoms with E-state index in [1.807, 2.05) is 36.4 Å². The van der Waals surface area contributed by atoms with Gasteiger partial charge in [-0.15, -0.1) is 0 Å². The van der Waals surface area contributed by atoms with Crippen molar-refractivity contribution in [2.24, 2.45) is 11.8 Å². The van der Waals surface area contributed by atoms with Gasteiger partial charge in [0, 0.05) is 12.0 Å². The number of Topliss-reactive ketones (excluding diaryl/α,β-unsaturated/α-hetero) is 1. The van der Waals surface area contributed by atoms with Crippen molar-refractivity contribution in [2.45, 2.75) is 57.6 Å². The zero-order valence-electron chi connectivity index (χ0n) is 16.6. The molecule has 146 valence electrons. The maximum atomic E-state index is 12.6. The second-order valence-corrected chi connectivity index (χ2v) is 11.7. The Morgan fingerprint density at radius 3 is 2.15 bits per heavy atom. The van der Waals surface area contributed by atoms with Crippen LogP contribution in [0.1, 0.15) is 58.4 Å². The molecule has 4 heteroatoms. The first-order valence-electron chi connectivity index (χ1n) is 9.89. The molecule has 27 heavy (non-hydrogen) atoms. The molecule has 0 aliphatic heterocycles. The number of ketones is 1. The van der Waals surface area contributed by atoms with E-state index in [2.05, 4.69) is 6.08 Å². The van der Waals surface area contributed by atoms with E-state index in [4.69, 9.17) is 0 Å². The maximum Gasteiger partial charge on any atom is 0.167 e. The van der Waals surface area contributed by atoms with E-state index in [0.717, 1.165) is 36.8 Å². The zero-order valence-corrected chi connectivity index (χ0v) is 17.4. The minimum absolute atomic E-state index is 0.191. The molecule has 1 aromatic rings. The van der Waals surface area contributed by atoms with E-state index in [0.29, 0.717) is 18.1 Å². The molecule has 0 heterocycles. The van der Waals surface area contributed by atoms with Crippen molar-refractivity contribution < 1.29 is 13.2 Å². The first-order chi connectivity index (χ1) is 12.7. The highest BCUT2D eigenvalue weighted by atomic mass is 32.2. The molecule has 0 aromatic heterocycles. The van der Waals surface area contributed by atoms with Crippen LogP contribution in [0.2, 0.25) is 0 Å². The highest BCUT2D eigenvalue weighted by molar-refractivity contribution is 7.92. The number of rotatable bonds is 4. The summed E-state index contributed by atoms with van der Waals surface area (Å²) in [6.07, 6.45) is 8.42. The second-order valence-electron chi connectivity index (χ2n) is 8.90. The molecule has 1 aromatic carbocycles. The summed E-state index contributed by atoms with van der Waals surface area (Å²) in [5, 5.41) is 0. The Kier molecular flexibility index (Phi) is 5.76. The lowest BCUT2D eigenvalue weighted by atomic mass is 9.76. The number of benzene rings is 1. The van der Waals surface area contributed by atoms with Crippen LogP contribution in [-0.2, 0) is 14.6 Å². The van der Waals surface area contributed by atoms with Gasteiger partial charge in [-0.05, 0) is 63.9 Å². The van der Waals surface area contributed by atoms with Crippen molar-refractivity contribution in [1.29, 1.82) is 0 Å². The summed E-state index contributed by atoms with van der Waals surface area (Å²) in [6.45, 7) is 5.34. The van der Waals surface area contributed by atoms with Gasteiger partial charge in [-0.1, -0.05) is 48.1 Å². The van der Waals surface area contributed by atoms with Gasteiger partial charge in [-0.25, -0.2) is 8.42 Å². The summed E-state index contributed by atoms with van der Waals surface area (Å²) >= 11 is 0. The van der Waals surface area contributed by atoms with Crippen molar-refractivity contribution in [3.05, 3.63) is 53.6 Å². The largest absolute Gasteiger partial charge is 0.294 e. The number of hydrogen-bond acceptors (Lipinski definition) is 3. The Morgan fingerprint density at radius 1 is 0.963 bits per heavy atom. The number of carbonyl (C=O) groups excluding carboxylic acids is 1. The molecule has 0 unspecified atom stereocenters. The van der Waals surface area contributed by atoms with Crippen LogP contribution < -0.4 is 0 Å². The molecule has 0 saturated heterocycles. The van der Waals surface area contributed by atoms with Gasteiger partial charge in [0.25, 0.3) is 0 Å². The predicted octanol–water partition coefficient (Wildman–Crippen LogP) is 4.99. The zero-order chi connectivity index (χ0) is 19.7. The van der Waals surface area contributed by atoms with Crippen LogP contribution in [-0.4, -0.2) is 24.7 Å². The molecule has 2 aliphatic carbocycles. The summed E-state index contributed by atoms with van der Waals surface area (Å²) in [5.41, 5.74) is 3.00. The van der Waals surface area contributed by atoms with E-state index in [1.54, 1.807) is 20.8 Å². The van der Waals surface area contributed by atoms with Gasteiger partial charge in [-0.2, -0.15) is 0 Å². The molecule has 1 saturated carbocycles. The fourth-order valence-electron chi connectivity index (χ4n) is 4.04. The predicted molar refractivity (Wildman–Crippen MR) is 111 cm³/mol. The third-order valence-corrected chi connectivity index (χ3v) is 8.75. The fraction of sp³-hybridized carbons (Fsp3) is 0.522. The number of sulfone groups is 1. The van der Waals surface area contributed by atoms with Gasteiger partial charge < -0.3 is 0 Å². The SMILES string of the molecule is CC(C)(C)S(=O)(=O)CC1CCC(C2=CC=C(c3ccccc3)C(=O)C2)CC1. The van der Waals surface area contributed by atoms with E-state index in [9.17, 15) is 13.2 Å². The van der Waals surface area contributed by atoms with Crippen LogP contribution in [0.3, 0.4) is 0 Å². The van der Waals surface area contributed by atoms with E-state index >= 15 is 0 Å². The quantitative estimate of drug-likeness (QED) is 0.732. The Balaban J connectivity index is 1.63. The monoisotopic (exact) mass is 386 g/mol. The van der Waals surface area contributed by atoms with Crippen LogP contribution in [0.15, 0.2) is 48.1 Å². The van der Waals surface area contributed by atoms with Gasteiger partial charge >= 0.3 is 0 Å². The lowest BCUT2D eigenvalue weighted by Crippen LogP contribution is -2.34. The van der Waals surface area contributed by atoms with E-state index in [1.165, 1.54) is 5.57 Å². The summed E-state index contributed by atoms with van der Waals surface area (Å²) in [7, 11) is -3.06. The molecule has 0 radical (unpaired) electrons. The molecule has 0 spiro atoms. The summed E-state index contributed by atoms with van der Waals surface area (Å²) < 4.78 is 24.2. The Labute approximate surface area is 163 Å². The average Bonchev–Trinajstić information content (AvgIpc) is 2.62. The third-order valence-electron chi connectivity index (χ3n) is 5.97. The molecule has 3 nitrogen and oxygen atoms in total. The minimum Gasteiger partial charge on any atom is -0.294 e. The van der Waals surface area contributed by atoms with Crippen LogP contribution in [0.4, 0.5) is 0 Å². The van der Waals surface area contributed by atoms with E-state index < -0.39 is 14.6 Å². The highest BCUT2D eigenvalue weighted by Gasteiger charge is 2.34. The number of allylic oxidation sites excluding steroid dienone is 4. The van der Waals surface area contributed by atoms with Crippen LogP contribution in [0.25, 0.3) is 5.57 Å². The average molecular weight is 387 g/mol. The molecule has 2 aliphatic rings. The lowest BCUT2D eigenvalue weighted by molar-refractivity contribution is -0.113. The Hall–Kier alpha value is -1.68.